The van der Waals surface area contributed by atoms with Gasteiger partial charge in [0, 0.05) is 57.8 Å². The van der Waals surface area contributed by atoms with Crippen molar-refractivity contribution in [1.29, 1.82) is 0 Å². The first-order valence-corrected chi connectivity index (χ1v) is 8.74. The Morgan fingerprint density at radius 1 is 1.19 bits per heavy atom. The van der Waals surface area contributed by atoms with Gasteiger partial charge in [-0.05, 0) is 12.1 Å². The molecule has 3 heterocycles. The summed E-state index contributed by atoms with van der Waals surface area (Å²) in [5.74, 6) is -0.449. The monoisotopic (exact) mass is 359 g/mol. The molecule has 9 heteroatoms. The highest BCUT2D eigenvalue weighted by Gasteiger charge is 2.22. The fourth-order valence-electron chi connectivity index (χ4n) is 3.41. The smallest absolute Gasteiger partial charge is 0.417 e. The van der Waals surface area contributed by atoms with E-state index in [1.807, 2.05) is 18.2 Å². The predicted molar refractivity (Wildman–Crippen MR) is 95.6 cm³/mol. The molecule has 1 fully saturated rings. The van der Waals surface area contributed by atoms with Gasteiger partial charge in [0.05, 0.1) is 11.2 Å². The second-order valence-electron chi connectivity index (χ2n) is 6.59. The molecule has 9 nitrogen and oxygen atoms in total. The van der Waals surface area contributed by atoms with Crippen molar-refractivity contribution in [3.8, 4) is 0 Å². The largest absolute Gasteiger partial charge is 0.465 e. The molecule has 0 unspecified atom stereocenters. The van der Waals surface area contributed by atoms with Crippen LogP contribution in [0.15, 0.2) is 32.5 Å². The van der Waals surface area contributed by atoms with Gasteiger partial charge in [-0.15, -0.1) is 0 Å². The van der Waals surface area contributed by atoms with Gasteiger partial charge < -0.3 is 14.4 Å². The van der Waals surface area contributed by atoms with Crippen LogP contribution in [0.4, 0.5) is 4.79 Å². The van der Waals surface area contributed by atoms with Gasteiger partial charge in [-0.1, -0.05) is 6.07 Å². The summed E-state index contributed by atoms with van der Waals surface area (Å²) in [5.41, 5.74) is 3.20. The van der Waals surface area contributed by atoms with Crippen LogP contribution in [0.5, 0.6) is 0 Å². The van der Waals surface area contributed by atoms with Crippen LogP contribution in [0.3, 0.4) is 0 Å². The number of fused-ring (bicyclic) bond motifs is 1. The molecule has 0 atom stereocenters. The molecule has 1 aromatic heterocycles. The highest BCUT2D eigenvalue weighted by atomic mass is 16.4. The van der Waals surface area contributed by atoms with Gasteiger partial charge in [0.1, 0.15) is 0 Å². The van der Waals surface area contributed by atoms with Crippen molar-refractivity contribution in [3.63, 3.8) is 0 Å². The van der Waals surface area contributed by atoms with Crippen molar-refractivity contribution in [3.05, 3.63) is 34.3 Å². The number of benzene rings is 1. The molecule has 2 N–H and O–H groups in total. The minimum Gasteiger partial charge on any atom is -0.465 e. The summed E-state index contributed by atoms with van der Waals surface area (Å²) in [6, 6.07) is 5.63. The second kappa shape index (κ2) is 6.83. The number of rotatable bonds is 4. The van der Waals surface area contributed by atoms with Gasteiger partial charge in [-0.3, -0.25) is 14.9 Å². The number of aromatic nitrogens is 1. The standard InChI is InChI=1S/C17H21N5O4/c23-16-18-14-2-1-12(11-15(14)26-16)13-3-4-22(19-13)10-7-20-5-8-21(9-6-20)17(24)25/h1-2,11H,3-10H2,(H,18,23)(H,24,25). The van der Waals surface area contributed by atoms with E-state index in [4.69, 9.17) is 9.52 Å². The number of oxazole rings is 1. The lowest BCUT2D eigenvalue weighted by Crippen LogP contribution is -2.49. The number of H-pyrrole nitrogens is 1. The van der Waals surface area contributed by atoms with Crippen LogP contribution in [0.1, 0.15) is 12.0 Å². The number of piperazine rings is 1. The molecule has 2 aromatic rings. The average Bonchev–Trinajstić information content (AvgIpc) is 3.25. The topological polar surface area (TPSA) is 105 Å². The summed E-state index contributed by atoms with van der Waals surface area (Å²) in [6.07, 6.45) is 0.0149. The molecule has 4 rings (SSSR count). The van der Waals surface area contributed by atoms with Crippen LogP contribution in [-0.2, 0) is 0 Å². The maximum Gasteiger partial charge on any atom is 0.417 e. The summed E-state index contributed by atoms with van der Waals surface area (Å²) in [4.78, 5) is 28.6. The molecule has 2 aliphatic rings. The number of hydrogen-bond donors (Lipinski definition) is 2. The summed E-state index contributed by atoms with van der Waals surface area (Å²) < 4.78 is 5.12. The van der Waals surface area contributed by atoms with E-state index in [-0.39, 0.29) is 0 Å². The second-order valence-corrected chi connectivity index (χ2v) is 6.59. The number of nitrogens with zero attached hydrogens (tertiary/aromatic N) is 4. The maximum absolute atomic E-state index is 11.3. The zero-order valence-corrected chi connectivity index (χ0v) is 14.3. The number of nitrogens with one attached hydrogen (secondary N) is 1. The van der Waals surface area contributed by atoms with Gasteiger partial charge >= 0.3 is 11.8 Å². The summed E-state index contributed by atoms with van der Waals surface area (Å²) in [5, 5.41) is 15.7. The molecular formula is C17H21N5O4. The third-order valence-electron chi connectivity index (χ3n) is 4.94. The molecule has 1 saturated heterocycles. The first-order valence-electron chi connectivity index (χ1n) is 8.74. The van der Waals surface area contributed by atoms with Crippen molar-refractivity contribution in [2.45, 2.75) is 6.42 Å². The highest BCUT2D eigenvalue weighted by Crippen LogP contribution is 2.18. The van der Waals surface area contributed by atoms with E-state index in [0.29, 0.717) is 24.2 Å². The van der Waals surface area contributed by atoms with E-state index in [1.54, 1.807) is 0 Å². The van der Waals surface area contributed by atoms with E-state index >= 15 is 0 Å². The Hall–Kier alpha value is -2.81. The Labute approximate surface area is 149 Å². The number of aromatic amines is 1. The third-order valence-corrected chi connectivity index (χ3v) is 4.94. The fraction of sp³-hybridized carbons (Fsp3) is 0.471. The summed E-state index contributed by atoms with van der Waals surface area (Å²) >= 11 is 0. The van der Waals surface area contributed by atoms with Crippen molar-refractivity contribution in [2.75, 3.05) is 45.8 Å². The molecule has 138 valence electrons. The lowest BCUT2D eigenvalue weighted by Gasteiger charge is -2.33. The van der Waals surface area contributed by atoms with Crippen molar-refractivity contribution < 1.29 is 14.3 Å². The Morgan fingerprint density at radius 2 is 2.00 bits per heavy atom. The van der Waals surface area contributed by atoms with Crippen molar-refractivity contribution in [2.24, 2.45) is 5.10 Å². The predicted octanol–water partition coefficient (Wildman–Crippen LogP) is 0.826. The zero-order chi connectivity index (χ0) is 18.1. The summed E-state index contributed by atoms with van der Waals surface area (Å²) in [7, 11) is 0. The maximum atomic E-state index is 11.3. The first-order chi connectivity index (χ1) is 12.6. The van der Waals surface area contributed by atoms with Crippen LogP contribution < -0.4 is 5.76 Å². The van der Waals surface area contributed by atoms with Crippen LogP contribution in [0.2, 0.25) is 0 Å². The first kappa shape index (κ1) is 16.6. The third kappa shape index (κ3) is 3.43. The van der Waals surface area contributed by atoms with Gasteiger partial charge in [-0.25, -0.2) is 9.59 Å². The van der Waals surface area contributed by atoms with Gasteiger partial charge in [-0.2, -0.15) is 5.10 Å². The molecule has 1 aromatic carbocycles. The van der Waals surface area contributed by atoms with Gasteiger partial charge in [0.15, 0.2) is 5.58 Å². The minimum atomic E-state index is -0.839. The van der Waals surface area contributed by atoms with Gasteiger partial charge in [0.2, 0.25) is 0 Å². The number of hydrogen-bond acceptors (Lipinski definition) is 6. The van der Waals surface area contributed by atoms with E-state index in [2.05, 4.69) is 20.0 Å². The molecule has 0 bridgehead atoms. The average molecular weight is 359 g/mol. The fourth-order valence-corrected chi connectivity index (χ4v) is 3.41. The number of hydrazone groups is 1. The number of carboxylic acid groups (broad SMARTS) is 1. The Bertz CT molecular complexity index is 894. The number of carbonyl (C=O) groups is 1. The van der Waals surface area contributed by atoms with Crippen LogP contribution in [0, 0.1) is 0 Å². The number of amides is 1. The van der Waals surface area contributed by atoms with Crippen molar-refractivity contribution in [1.82, 2.24) is 19.8 Å². The lowest BCUT2D eigenvalue weighted by molar-refractivity contribution is 0.100. The SMILES string of the molecule is O=C(O)N1CCN(CCN2CCC(c3ccc4[nH]c(=O)oc4c3)=N2)CC1. The molecule has 0 saturated carbocycles. The van der Waals surface area contributed by atoms with Crippen LogP contribution >= 0.6 is 0 Å². The molecular weight excluding hydrogens is 338 g/mol. The van der Waals surface area contributed by atoms with Gasteiger partial charge in [0.25, 0.3) is 0 Å². The molecule has 26 heavy (non-hydrogen) atoms. The molecule has 1 amide bonds. The molecule has 0 radical (unpaired) electrons. The van der Waals surface area contributed by atoms with Crippen molar-refractivity contribution >= 4 is 22.9 Å². The minimum absolute atomic E-state index is 0.449. The Morgan fingerprint density at radius 3 is 2.77 bits per heavy atom. The highest BCUT2D eigenvalue weighted by molar-refractivity contribution is 6.03. The quantitative estimate of drug-likeness (QED) is 0.838. The Kier molecular flexibility index (Phi) is 4.37. The van der Waals surface area contributed by atoms with Crippen LogP contribution in [-0.4, -0.2) is 82.5 Å². The molecule has 0 aliphatic carbocycles. The lowest BCUT2D eigenvalue weighted by atomic mass is 10.1. The van der Waals surface area contributed by atoms with E-state index in [1.165, 1.54) is 4.90 Å². The van der Waals surface area contributed by atoms with E-state index in [9.17, 15) is 9.59 Å². The molecule has 2 aliphatic heterocycles. The Balaban J connectivity index is 1.34. The summed E-state index contributed by atoms with van der Waals surface area (Å²) in [6.45, 7) is 5.20. The molecule has 0 spiro atoms. The van der Waals surface area contributed by atoms with E-state index < -0.39 is 11.8 Å². The van der Waals surface area contributed by atoms with E-state index in [0.717, 1.165) is 50.4 Å². The van der Waals surface area contributed by atoms with Crippen LogP contribution in [0.25, 0.3) is 11.1 Å². The normalized spacial score (nSPS) is 18.5. The zero-order valence-electron chi connectivity index (χ0n) is 14.3.